The third-order valence-electron chi connectivity index (χ3n) is 4.00. The fourth-order valence-corrected chi connectivity index (χ4v) is 2.99. The third-order valence-corrected chi connectivity index (χ3v) is 4.34. The van der Waals surface area contributed by atoms with Gasteiger partial charge in [-0.25, -0.2) is 0 Å². The number of para-hydroxylation sites is 1. The summed E-state index contributed by atoms with van der Waals surface area (Å²) in [6.45, 7) is 2.01. The first-order valence-corrected chi connectivity index (χ1v) is 8.43. The van der Waals surface area contributed by atoms with Crippen LogP contribution in [0, 0.1) is 0 Å². The van der Waals surface area contributed by atoms with Gasteiger partial charge in [0.05, 0.1) is 26.2 Å². The van der Waals surface area contributed by atoms with E-state index in [4.69, 9.17) is 21.1 Å². The molecule has 4 nitrogen and oxygen atoms in total. The summed E-state index contributed by atoms with van der Waals surface area (Å²) in [5.41, 5.74) is 0.928. The van der Waals surface area contributed by atoms with Gasteiger partial charge < -0.3 is 14.4 Å². The molecule has 0 saturated carbocycles. The van der Waals surface area contributed by atoms with Crippen LogP contribution < -0.4 is 4.74 Å². The normalized spacial score (nSPS) is 17.5. The number of benzene rings is 2. The second-order valence-corrected chi connectivity index (χ2v) is 6.04. The number of halogens is 1. The second-order valence-electron chi connectivity index (χ2n) is 5.63. The number of nitrogens with zero attached hydrogens (tertiary/aromatic N) is 1. The van der Waals surface area contributed by atoms with E-state index < -0.39 is 0 Å². The Morgan fingerprint density at radius 3 is 2.71 bits per heavy atom. The van der Waals surface area contributed by atoms with Gasteiger partial charge in [0.2, 0.25) is 5.91 Å². The fraction of sp³-hybridized carbons (Fsp3) is 0.316. The largest absolute Gasteiger partial charge is 0.493 e. The van der Waals surface area contributed by atoms with E-state index in [9.17, 15) is 4.79 Å². The average Bonchev–Trinajstić information content (AvgIpc) is 2.63. The van der Waals surface area contributed by atoms with E-state index in [-0.39, 0.29) is 12.0 Å². The summed E-state index contributed by atoms with van der Waals surface area (Å²) >= 11 is 6.23. The van der Waals surface area contributed by atoms with Crippen LogP contribution in [0.15, 0.2) is 54.6 Å². The minimum atomic E-state index is -0.175. The summed E-state index contributed by atoms with van der Waals surface area (Å²) in [4.78, 5) is 14.2. The van der Waals surface area contributed by atoms with Gasteiger partial charge in [-0.1, -0.05) is 48.0 Å². The van der Waals surface area contributed by atoms with E-state index in [1.54, 1.807) is 0 Å². The lowest BCUT2D eigenvalue weighted by Crippen LogP contribution is -2.42. The van der Waals surface area contributed by atoms with Crippen molar-refractivity contribution in [1.82, 2.24) is 4.90 Å². The molecule has 0 aromatic heterocycles. The van der Waals surface area contributed by atoms with Gasteiger partial charge >= 0.3 is 0 Å². The summed E-state index contributed by atoms with van der Waals surface area (Å²) in [5, 5.41) is 0.671. The molecule has 1 aliphatic rings. The predicted octanol–water partition coefficient (Wildman–Crippen LogP) is 3.71. The maximum absolute atomic E-state index is 12.4. The van der Waals surface area contributed by atoms with E-state index in [1.807, 2.05) is 59.5 Å². The minimum Gasteiger partial charge on any atom is -0.493 e. The lowest BCUT2D eigenvalue weighted by atomic mass is 10.1. The zero-order valence-corrected chi connectivity index (χ0v) is 14.1. The smallest absolute Gasteiger partial charge is 0.226 e. The van der Waals surface area contributed by atoms with Crippen molar-refractivity contribution in [3.63, 3.8) is 0 Å². The number of morpholine rings is 1. The van der Waals surface area contributed by atoms with Gasteiger partial charge in [0.25, 0.3) is 0 Å². The van der Waals surface area contributed by atoms with Crippen LogP contribution in [-0.4, -0.2) is 37.1 Å². The Morgan fingerprint density at radius 2 is 1.92 bits per heavy atom. The van der Waals surface area contributed by atoms with Crippen LogP contribution in [0.3, 0.4) is 0 Å². The quantitative estimate of drug-likeness (QED) is 0.829. The van der Waals surface area contributed by atoms with Gasteiger partial charge in [-0.15, -0.1) is 0 Å². The summed E-state index contributed by atoms with van der Waals surface area (Å²) in [5.74, 6) is 0.854. The summed E-state index contributed by atoms with van der Waals surface area (Å²) in [7, 11) is 0. The Morgan fingerprint density at radius 1 is 1.17 bits per heavy atom. The summed E-state index contributed by atoms with van der Waals surface area (Å²) < 4.78 is 11.4. The van der Waals surface area contributed by atoms with E-state index in [1.165, 1.54) is 0 Å². The maximum Gasteiger partial charge on any atom is 0.226 e. The van der Waals surface area contributed by atoms with Gasteiger partial charge in [-0.3, -0.25) is 4.79 Å². The van der Waals surface area contributed by atoms with Gasteiger partial charge in [-0.05, 0) is 18.2 Å². The van der Waals surface area contributed by atoms with Crippen molar-refractivity contribution in [2.24, 2.45) is 0 Å². The van der Waals surface area contributed by atoms with Crippen molar-refractivity contribution in [2.45, 2.75) is 12.5 Å². The van der Waals surface area contributed by atoms with Crippen molar-refractivity contribution in [3.8, 4) is 5.75 Å². The summed E-state index contributed by atoms with van der Waals surface area (Å²) in [6, 6.07) is 17.1. The molecule has 3 rings (SSSR count). The lowest BCUT2D eigenvalue weighted by Gasteiger charge is -2.33. The average molecular weight is 346 g/mol. The molecule has 2 aromatic carbocycles. The summed E-state index contributed by atoms with van der Waals surface area (Å²) in [6.07, 6.45) is 0.177. The van der Waals surface area contributed by atoms with Crippen molar-refractivity contribution >= 4 is 17.5 Å². The number of hydrogen-bond acceptors (Lipinski definition) is 3. The fourth-order valence-electron chi connectivity index (χ4n) is 2.73. The minimum absolute atomic E-state index is 0.0753. The topological polar surface area (TPSA) is 38.8 Å². The van der Waals surface area contributed by atoms with Crippen LogP contribution in [-0.2, 0) is 9.53 Å². The number of rotatable bonds is 5. The molecule has 0 bridgehead atoms. The molecule has 0 spiro atoms. The van der Waals surface area contributed by atoms with Crippen molar-refractivity contribution in [2.75, 3.05) is 26.3 Å². The second kappa shape index (κ2) is 8.18. The molecular formula is C19H20ClNO3. The number of hydrogen-bond donors (Lipinski definition) is 0. The zero-order valence-electron chi connectivity index (χ0n) is 13.4. The Kier molecular flexibility index (Phi) is 5.72. The molecule has 1 fully saturated rings. The van der Waals surface area contributed by atoms with E-state index >= 15 is 0 Å². The van der Waals surface area contributed by atoms with E-state index in [0.29, 0.717) is 37.7 Å². The number of amides is 1. The molecule has 24 heavy (non-hydrogen) atoms. The van der Waals surface area contributed by atoms with E-state index in [2.05, 4.69) is 0 Å². The van der Waals surface area contributed by atoms with E-state index in [0.717, 1.165) is 11.3 Å². The number of carbonyl (C=O) groups is 1. The van der Waals surface area contributed by atoms with Crippen LogP contribution in [0.25, 0.3) is 0 Å². The molecule has 1 atom stereocenters. The van der Waals surface area contributed by atoms with Crippen molar-refractivity contribution in [3.05, 3.63) is 65.2 Å². The third kappa shape index (κ3) is 4.28. The molecule has 1 saturated heterocycles. The molecule has 1 unspecified atom stereocenters. The van der Waals surface area contributed by atoms with Gasteiger partial charge in [0.15, 0.2) is 0 Å². The molecule has 126 valence electrons. The molecule has 0 aliphatic carbocycles. The molecule has 1 amide bonds. The zero-order chi connectivity index (χ0) is 16.8. The highest BCUT2D eigenvalue weighted by Gasteiger charge is 2.26. The van der Waals surface area contributed by atoms with Crippen molar-refractivity contribution < 1.29 is 14.3 Å². The van der Waals surface area contributed by atoms with Gasteiger partial charge in [0, 0.05) is 17.1 Å². The van der Waals surface area contributed by atoms with Crippen LogP contribution in [0.1, 0.15) is 18.1 Å². The number of carbonyl (C=O) groups excluding carboxylic acids is 1. The highest BCUT2D eigenvalue weighted by atomic mass is 35.5. The Hall–Kier alpha value is -2.04. The molecular weight excluding hydrogens is 326 g/mol. The highest BCUT2D eigenvalue weighted by Crippen LogP contribution is 2.28. The maximum atomic E-state index is 12.4. The standard InChI is InChI=1S/C19H20ClNO3/c20-17-9-5-4-8-16(17)18-14-21(11-13-24-18)19(22)10-12-23-15-6-2-1-3-7-15/h1-9,18H,10-14H2. The van der Waals surface area contributed by atoms with Crippen LogP contribution in [0.2, 0.25) is 5.02 Å². The molecule has 0 radical (unpaired) electrons. The first kappa shape index (κ1) is 16.8. The van der Waals surface area contributed by atoms with Crippen molar-refractivity contribution in [1.29, 1.82) is 0 Å². The Labute approximate surface area is 146 Å². The Bertz CT molecular complexity index is 677. The lowest BCUT2D eigenvalue weighted by molar-refractivity contribution is -0.139. The number of ether oxygens (including phenoxy) is 2. The van der Waals surface area contributed by atoms with Crippen LogP contribution in [0.5, 0.6) is 5.75 Å². The first-order chi connectivity index (χ1) is 11.7. The molecule has 2 aromatic rings. The van der Waals surface area contributed by atoms with Crippen LogP contribution >= 0.6 is 11.6 Å². The Balaban J connectivity index is 1.52. The predicted molar refractivity (Wildman–Crippen MR) is 93.3 cm³/mol. The molecule has 1 aliphatic heterocycles. The van der Waals surface area contributed by atoms with Gasteiger partial charge in [-0.2, -0.15) is 0 Å². The molecule has 1 heterocycles. The first-order valence-electron chi connectivity index (χ1n) is 8.05. The molecule has 0 N–H and O–H groups in total. The monoisotopic (exact) mass is 345 g/mol. The van der Waals surface area contributed by atoms with Crippen LogP contribution in [0.4, 0.5) is 0 Å². The highest BCUT2D eigenvalue weighted by molar-refractivity contribution is 6.31. The SMILES string of the molecule is O=C(CCOc1ccccc1)N1CCOC(c2ccccc2Cl)C1. The van der Waals surface area contributed by atoms with Gasteiger partial charge in [0.1, 0.15) is 11.9 Å². The molecule has 5 heteroatoms.